The molecule has 0 spiro atoms. The highest BCUT2D eigenvalue weighted by molar-refractivity contribution is 5.92. The van der Waals surface area contributed by atoms with Crippen molar-refractivity contribution in [2.45, 2.75) is 27.0 Å². The second-order valence-electron chi connectivity index (χ2n) is 6.05. The van der Waals surface area contributed by atoms with Gasteiger partial charge in [-0.05, 0) is 25.0 Å². The molecule has 0 saturated carbocycles. The lowest BCUT2D eigenvalue weighted by atomic mass is 10.1. The smallest absolute Gasteiger partial charge is 0.276 e. The Morgan fingerprint density at radius 1 is 1.23 bits per heavy atom. The minimum Gasteiger partial charge on any atom is -0.485 e. The highest BCUT2D eigenvalue weighted by Gasteiger charge is 2.18. The SMILES string of the molecule is Cc1cccc(C)c1OCc1cc(C(=O)N(C)Cc2cnccn2)no1. The fraction of sp³-hybridized carbons (Fsp3) is 0.263. The van der Waals surface area contributed by atoms with E-state index in [1.165, 1.54) is 4.90 Å². The number of amides is 1. The van der Waals surface area contributed by atoms with E-state index < -0.39 is 0 Å². The molecule has 0 N–H and O–H groups in total. The third kappa shape index (κ3) is 4.05. The zero-order valence-corrected chi connectivity index (χ0v) is 15.0. The first kappa shape index (κ1) is 17.6. The maximum absolute atomic E-state index is 12.5. The summed E-state index contributed by atoms with van der Waals surface area (Å²) in [6.45, 7) is 4.52. The molecule has 0 fully saturated rings. The number of hydrogen-bond acceptors (Lipinski definition) is 6. The molecule has 3 aromatic rings. The summed E-state index contributed by atoms with van der Waals surface area (Å²) < 4.78 is 11.1. The molecule has 1 aromatic carbocycles. The van der Waals surface area contributed by atoms with Gasteiger partial charge in [0.1, 0.15) is 12.4 Å². The van der Waals surface area contributed by atoms with Gasteiger partial charge in [0.2, 0.25) is 0 Å². The Hall–Kier alpha value is -3.22. The third-order valence-electron chi connectivity index (χ3n) is 3.91. The average molecular weight is 352 g/mol. The van der Waals surface area contributed by atoms with Crippen LogP contribution in [-0.4, -0.2) is 33.0 Å². The van der Waals surface area contributed by atoms with E-state index in [4.69, 9.17) is 9.26 Å². The summed E-state index contributed by atoms with van der Waals surface area (Å²) in [7, 11) is 1.68. The van der Waals surface area contributed by atoms with Gasteiger partial charge < -0.3 is 14.2 Å². The van der Waals surface area contributed by atoms with Crippen molar-refractivity contribution in [3.63, 3.8) is 0 Å². The molecule has 0 saturated heterocycles. The first-order chi connectivity index (χ1) is 12.5. The van der Waals surface area contributed by atoms with Gasteiger partial charge >= 0.3 is 0 Å². The van der Waals surface area contributed by atoms with E-state index in [9.17, 15) is 4.79 Å². The predicted molar refractivity (Wildman–Crippen MR) is 94.6 cm³/mol. The van der Waals surface area contributed by atoms with Crippen molar-refractivity contribution in [2.75, 3.05) is 7.05 Å². The van der Waals surface area contributed by atoms with Crippen molar-refractivity contribution in [1.29, 1.82) is 0 Å². The molecule has 0 atom stereocenters. The Morgan fingerprint density at radius 2 is 2.00 bits per heavy atom. The first-order valence-electron chi connectivity index (χ1n) is 8.19. The third-order valence-corrected chi connectivity index (χ3v) is 3.91. The van der Waals surface area contributed by atoms with Gasteiger partial charge in [-0.1, -0.05) is 23.4 Å². The zero-order chi connectivity index (χ0) is 18.5. The predicted octanol–water partition coefficient (Wildman–Crippen LogP) is 2.93. The summed E-state index contributed by atoms with van der Waals surface area (Å²) in [4.78, 5) is 22.1. The molecule has 7 nitrogen and oxygen atoms in total. The van der Waals surface area contributed by atoms with Crippen LogP contribution in [0.5, 0.6) is 5.75 Å². The van der Waals surface area contributed by atoms with E-state index in [2.05, 4.69) is 15.1 Å². The van der Waals surface area contributed by atoms with Gasteiger partial charge in [-0.15, -0.1) is 0 Å². The van der Waals surface area contributed by atoms with Crippen LogP contribution < -0.4 is 4.74 Å². The van der Waals surface area contributed by atoms with Crippen LogP contribution in [0.4, 0.5) is 0 Å². The summed E-state index contributed by atoms with van der Waals surface area (Å²) in [5.74, 6) is 1.05. The molecule has 1 amide bonds. The van der Waals surface area contributed by atoms with E-state index in [0.29, 0.717) is 18.0 Å². The van der Waals surface area contributed by atoms with Crippen LogP contribution >= 0.6 is 0 Å². The Balaban J connectivity index is 1.63. The Labute approximate surface area is 151 Å². The molecule has 2 heterocycles. The van der Waals surface area contributed by atoms with Crippen LogP contribution in [-0.2, 0) is 13.2 Å². The highest BCUT2D eigenvalue weighted by atomic mass is 16.5. The monoisotopic (exact) mass is 352 g/mol. The van der Waals surface area contributed by atoms with Gasteiger partial charge in [-0.25, -0.2) is 0 Å². The van der Waals surface area contributed by atoms with Crippen molar-refractivity contribution < 1.29 is 14.1 Å². The Kier molecular flexibility index (Phi) is 5.26. The van der Waals surface area contributed by atoms with Crippen LogP contribution in [0.1, 0.15) is 33.1 Å². The Bertz CT molecular complexity index is 873. The van der Waals surface area contributed by atoms with Crippen molar-refractivity contribution in [3.8, 4) is 5.75 Å². The van der Waals surface area contributed by atoms with Crippen LogP contribution in [0.2, 0.25) is 0 Å². The van der Waals surface area contributed by atoms with Crippen molar-refractivity contribution >= 4 is 5.91 Å². The number of benzene rings is 1. The maximum atomic E-state index is 12.5. The summed E-state index contributed by atoms with van der Waals surface area (Å²) in [5, 5.41) is 3.85. The normalized spacial score (nSPS) is 10.6. The number of carbonyl (C=O) groups excluding carboxylic acids is 1. The van der Waals surface area contributed by atoms with Crippen LogP contribution in [0.3, 0.4) is 0 Å². The van der Waals surface area contributed by atoms with E-state index in [-0.39, 0.29) is 18.2 Å². The van der Waals surface area contributed by atoms with Crippen molar-refractivity contribution in [3.05, 3.63) is 71.1 Å². The number of aromatic nitrogens is 3. The summed E-state index contributed by atoms with van der Waals surface area (Å²) in [6, 6.07) is 7.55. The maximum Gasteiger partial charge on any atom is 0.276 e. The van der Waals surface area contributed by atoms with Gasteiger partial charge in [0.15, 0.2) is 11.5 Å². The van der Waals surface area contributed by atoms with Crippen molar-refractivity contribution in [2.24, 2.45) is 0 Å². The Morgan fingerprint density at radius 3 is 2.69 bits per heavy atom. The second-order valence-corrected chi connectivity index (χ2v) is 6.05. The van der Waals surface area contributed by atoms with Crippen LogP contribution in [0.25, 0.3) is 0 Å². The topological polar surface area (TPSA) is 81.4 Å². The lowest BCUT2D eigenvalue weighted by Gasteiger charge is -2.14. The molecule has 134 valence electrons. The van der Waals surface area contributed by atoms with Gasteiger partial charge in [0.25, 0.3) is 5.91 Å². The summed E-state index contributed by atoms with van der Waals surface area (Å²) in [6.07, 6.45) is 4.80. The fourth-order valence-electron chi connectivity index (χ4n) is 2.57. The fourth-order valence-corrected chi connectivity index (χ4v) is 2.57. The number of ether oxygens (including phenoxy) is 1. The first-order valence-corrected chi connectivity index (χ1v) is 8.19. The van der Waals surface area contributed by atoms with Crippen molar-refractivity contribution in [1.82, 2.24) is 20.0 Å². The molecule has 0 aliphatic heterocycles. The van der Waals surface area contributed by atoms with Gasteiger partial charge in [-0.3, -0.25) is 14.8 Å². The molecule has 26 heavy (non-hydrogen) atoms. The highest BCUT2D eigenvalue weighted by Crippen LogP contribution is 2.23. The molecule has 7 heteroatoms. The molecule has 2 aromatic heterocycles. The van der Waals surface area contributed by atoms with Gasteiger partial charge in [0.05, 0.1) is 18.4 Å². The number of aryl methyl sites for hydroxylation is 2. The number of hydrogen-bond donors (Lipinski definition) is 0. The van der Waals surface area contributed by atoms with E-state index in [0.717, 1.165) is 16.9 Å². The summed E-state index contributed by atoms with van der Waals surface area (Å²) in [5.41, 5.74) is 3.02. The molecular formula is C19H20N4O3. The average Bonchev–Trinajstić information content (AvgIpc) is 3.10. The standard InChI is InChI=1S/C19H20N4O3/c1-13-5-4-6-14(2)18(13)25-12-16-9-17(22-26-16)19(24)23(3)11-15-10-20-7-8-21-15/h4-10H,11-12H2,1-3H3. The number of carbonyl (C=O) groups is 1. The van der Waals surface area contributed by atoms with Crippen LogP contribution in [0, 0.1) is 13.8 Å². The molecule has 0 unspecified atom stereocenters. The minimum atomic E-state index is -0.252. The minimum absolute atomic E-state index is 0.208. The summed E-state index contributed by atoms with van der Waals surface area (Å²) >= 11 is 0. The van der Waals surface area contributed by atoms with Gasteiger partial charge in [0, 0.05) is 25.5 Å². The van der Waals surface area contributed by atoms with E-state index in [1.807, 2.05) is 32.0 Å². The lowest BCUT2D eigenvalue weighted by Crippen LogP contribution is -2.26. The number of rotatable bonds is 6. The molecule has 0 radical (unpaired) electrons. The molecular weight excluding hydrogens is 332 g/mol. The van der Waals surface area contributed by atoms with Crippen LogP contribution in [0.15, 0.2) is 47.4 Å². The lowest BCUT2D eigenvalue weighted by molar-refractivity contribution is 0.0772. The van der Waals surface area contributed by atoms with Gasteiger partial charge in [-0.2, -0.15) is 0 Å². The number of para-hydroxylation sites is 1. The van der Waals surface area contributed by atoms with E-state index in [1.54, 1.807) is 31.7 Å². The second kappa shape index (κ2) is 7.77. The molecule has 0 aliphatic rings. The molecule has 0 aliphatic carbocycles. The zero-order valence-electron chi connectivity index (χ0n) is 15.0. The molecule has 0 bridgehead atoms. The van der Waals surface area contributed by atoms with E-state index >= 15 is 0 Å². The largest absolute Gasteiger partial charge is 0.485 e. The quantitative estimate of drug-likeness (QED) is 0.678. The number of nitrogens with zero attached hydrogens (tertiary/aromatic N) is 4. The molecule has 3 rings (SSSR count).